The van der Waals surface area contributed by atoms with E-state index in [0.29, 0.717) is 44.7 Å². The fourth-order valence-electron chi connectivity index (χ4n) is 5.01. The van der Waals surface area contributed by atoms with Gasteiger partial charge in [-0.1, -0.05) is 32.6 Å². The Morgan fingerprint density at radius 1 is 1.12 bits per heavy atom. The minimum Gasteiger partial charge on any atom is -0.496 e. The summed E-state index contributed by atoms with van der Waals surface area (Å²) in [6, 6.07) is 3.92. The number of hydrogen-bond donors (Lipinski definition) is 1. The summed E-state index contributed by atoms with van der Waals surface area (Å²) in [6.07, 6.45) is 7.07. The second-order valence-corrected chi connectivity index (χ2v) is 11.0. The molecule has 7 nitrogen and oxygen atoms in total. The van der Waals surface area contributed by atoms with Crippen molar-refractivity contribution in [3.8, 4) is 5.75 Å². The molecule has 10 heteroatoms. The van der Waals surface area contributed by atoms with Gasteiger partial charge in [0.25, 0.3) is 5.91 Å². The lowest BCUT2D eigenvalue weighted by Crippen LogP contribution is -2.61. The normalized spacial score (nSPS) is 19.8. The molecule has 0 unspecified atom stereocenters. The SMILES string of the molecule is CCCS(=O)(=O)N1CCN(C2(CNC(=O)c3ccc(F)cc3OC)CCCCCC2)CC1.Cl. The van der Waals surface area contributed by atoms with Gasteiger partial charge in [0.1, 0.15) is 11.6 Å². The molecular formula is C23H37ClFN3O4S. The topological polar surface area (TPSA) is 79.0 Å². The zero-order chi connectivity index (χ0) is 23.2. The number of nitrogens with zero attached hydrogens (tertiary/aromatic N) is 2. The molecule has 1 saturated carbocycles. The number of benzene rings is 1. The molecule has 1 heterocycles. The summed E-state index contributed by atoms with van der Waals surface area (Å²) in [6.45, 7) is 4.67. The highest BCUT2D eigenvalue weighted by atomic mass is 35.5. The smallest absolute Gasteiger partial charge is 0.255 e. The third-order valence-corrected chi connectivity index (χ3v) is 8.86. The Morgan fingerprint density at radius 2 is 1.76 bits per heavy atom. The van der Waals surface area contributed by atoms with Crippen molar-refractivity contribution in [1.82, 2.24) is 14.5 Å². The third kappa shape index (κ3) is 6.81. The van der Waals surface area contributed by atoms with Crippen molar-refractivity contribution in [3.63, 3.8) is 0 Å². The molecule has 188 valence electrons. The van der Waals surface area contributed by atoms with Gasteiger partial charge in [0.05, 0.1) is 18.4 Å². The molecule has 1 saturated heterocycles. The number of piperazine rings is 1. The molecule has 0 radical (unpaired) electrons. The number of rotatable bonds is 8. The number of ether oxygens (including phenoxy) is 1. The highest BCUT2D eigenvalue weighted by Crippen LogP contribution is 2.33. The number of carbonyl (C=O) groups excluding carboxylic acids is 1. The zero-order valence-corrected chi connectivity index (χ0v) is 21.3. The Bertz CT molecular complexity index is 884. The van der Waals surface area contributed by atoms with Crippen LogP contribution >= 0.6 is 12.4 Å². The average Bonchev–Trinajstić information content (AvgIpc) is 3.04. The van der Waals surface area contributed by atoms with Crippen LogP contribution in [0.2, 0.25) is 0 Å². The van der Waals surface area contributed by atoms with Gasteiger partial charge in [-0.05, 0) is 31.4 Å². The van der Waals surface area contributed by atoms with Crippen LogP contribution in [0, 0.1) is 5.82 Å². The van der Waals surface area contributed by atoms with E-state index < -0.39 is 15.8 Å². The summed E-state index contributed by atoms with van der Waals surface area (Å²) in [5.41, 5.74) is 0.119. The number of carbonyl (C=O) groups is 1. The van der Waals surface area contributed by atoms with Crippen LogP contribution in [0.5, 0.6) is 5.75 Å². The molecule has 0 atom stereocenters. The maximum absolute atomic E-state index is 13.5. The van der Waals surface area contributed by atoms with E-state index in [-0.39, 0.29) is 35.4 Å². The first-order chi connectivity index (χ1) is 15.3. The Kier molecular flexibility index (Phi) is 10.4. The van der Waals surface area contributed by atoms with E-state index in [2.05, 4.69) is 10.2 Å². The van der Waals surface area contributed by atoms with Gasteiger partial charge in [0.15, 0.2) is 0 Å². The fraction of sp³-hybridized carbons (Fsp3) is 0.696. The monoisotopic (exact) mass is 505 g/mol. The largest absolute Gasteiger partial charge is 0.496 e. The van der Waals surface area contributed by atoms with E-state index in [1.54, 1.807) is 4.31 Å². The Balaban J connectivity index is 0.00000385. The molecule has 2 aliphatic rings. The molecule has 0 bridgehead atoms. The highest BCUT2D eigenvalue weighted by molar-refractivity contribution is 7.89. The van der Waals surface area contributed by atoms with E-state index in [1.165, 1.54) is 38.2 Å². The Labute approximate surface area is 203 Å². The quantitative estimate of drug-likeness (QED) is 0.547. The van der Waals surface area contributed by atoms with Crippen LogP contribution in [0.15, 0.2) is 18.2 Å². The summed E-state index contributed by atoms with van der Waals surface area (Å²) in [5.74, 6) is -0.329. The standard InChI is InChI=1S/C23H36FN3O4S.ClH/c1-3-16-32(29,30)27-14-12-26(13-15-27)23(10-6-4-5-7-11-23)18-25-22(28)20-9-8-19(24)17-21(20)31-2;/h8-9,17H,3-7,10-16,18H2,1-2H3,(H,25,28);1H. The van der Waals surface area contributed by atoms with Gasteiger partial charge in [0.2, 0.25) is 10.0 Å². The second kappa shape index (κ2) is 12.3. The van der Waals surface area contributed by atoms with Gasteiger partial charge in [-0.2, -0.15) is 4.31 Å². The first-order valence-corrected chi connectivity index (χ1v) is 13.3. The molecule has 1 aliphatic carbocycles. The molecule has 1 amide bonds. The van der Waals surface area contributed by atoms with Crippen molar-refractivity contribution < 1.29 is 22.3 Å². The molecule has 2 fully saturated rings. The van der Waals surface area contributed by atoms with E-state index in [1.807, 2.05) is 6.92 Å². The molecule has 1 aromatic rings. The van der Waals surface area contributed by atoms with E-state index in [0.717, 1.165) is 25.7 Å². The Hall–Kier alpha value is -1.42. The van der Waals surface area contributed by atoms with Crippen molar-refractivity contribution in [2.75, 3.05) is 45.6 Å². The lowest BCUT2D eigenvalue weighted by molar-refractivity contribution is 0.0391. The summed E-state index contributed by atoms with van der Waals surface area (Å²) in [4.78, 5) is 15.3. The van der Waals surface area contributed by atoms with Crippen LogP contribution in [0.3, 0.4) is 0 Å². The van der Waals surface area contributed by atoms with Gasteiger partial charge in [-0.25, -0.2) is 12.8 Å². The minimum absolute atomic E-state index is 0. The van der Waals surface area contributed by atoms with Crippen LogP contribution < -0.4 is 10.1 Å². The predicted octanol–water partition coefficient (Wildman–Crippen LogP) is 3.44. The van der Waals surface area contributed by atoms with Crippen LogP contribution in [0.4, 0.5) is 4.39 Å². The van der Waals surface area contributed by atoms with Gasteiger partial charge in [-0.15, -0.1) is 12.4 Å². The van der Waals surface area contributed by atoms with E-state index in [9.17, 15) is 17.6 Å². The number of sulfonamides is 1. The van der Waals surface area contributed by atoms with Crippen LogP contribution in [0.25, 0.3) is 0 Å². The first kappa shape index (κ1) is 27.8. The number of methoxy groups -OCH3 is 1. The summed E-state index contributed by atoms with van der Waals surface area (Å²) >= 11 is 0. The highest BCUT2D eigenvalue weighted by Gasteiger charge is 2.40. The lowest BCUT2D eigenvalue weighted by atomic mass is 9.87. The molecule has 0 spiro atoms. The summed E-state index contributed by atoms with van der Waals surface area (Å²) in [5, 5.41) is 3.08. The van der Waals surface area contributed by atoms with Crippen molar-refractivity contribution in [3.05, 3.63) is 29.6 Å². The van der Waals surface area contributed by atoms with Gasteiger partial charge in [-0.3, -0.25) is 9.69 Å². The van der Waals surface area contributed by atoms with E-state index in [4.69, 9.17) is 4.74 Å². The van der Waals surface area contributed by atoms with Crippen LogP contribution in [-0.4, -0.2) is 74.7 Å². The van der Waals surface area contributed by atoms with Crippen molar-refractivity contribution in [2.45, 2.75) is 57.4 Å². The first-order valence-electron chi connectivity index (χ1n) is 11.7. The van der Waals surface area contributed by atoms with Gasteiger partial charge >= 0.3 is 0 Å². The number of nitrogens with one attached hydrogen (secondary N) is 1. The van der Waals surface area contributed by atoms with Crippen molar-refractivity contribution >= 4 is 28.3 Å². The number of halogens is 2. The maximum Gasteiger partial charge on any atom is 0.255 e. The number of hydrogen-bond acceptors (Lipinski definition) is 5. The minimum atomic E-state index is -3.20. The molecule has 33 heavy (non-hydrogen) atoms. The fourth-order valence-corrected chi connectivity index (χ4v) is 6.51. The molecule has 3 rings (SSSR count). The maximum atomic E-state index is 13.5. The van der Waals surface area contributed by atoms with Crippen LogP contribution in [0.1, 0.15) is 62.2 Å². The van der Waals surface area contributed by atoms with E-state index >= 15 is 0 Å². The summed E-state index contributed by atoms with van der Waals surface area (Å²) in [7, 11) is -1.77. The van der Waals surface area contributed by atoms with Crippen molar-refractivity contribution in [2.24, 2.45) is 0 Å². The number of amides is 1. The van der Waals surface area contributed by atoms with Gasteiger partial charge < -0.3 is 10.1 Å². The molecule has 1 aliphatic heterocycles. The molecule has 1 N–H and O–H groups in total. The predicted molar refractivity (Wildman–Crippen MR) is 130 cm³/mol. The lowest BCUT2D eigenvalue weighted by Gasteiger charge is -2.47. The van der Waals surface area contributed by atoms with Gasteiger partial charge in [0, 0.05) is 44.3 Å². The summed E-state index contributed by atoms with van der Waals surface area (Å²) < 4.78 is 45.3. The zero-order valence-electron chi connectivity index (χ0n) is 19.6. The Morgan fingerprint density at radius 3 is 2.33 bits per heavy atom. The average molecular weight is 506 g/mol. The molecule has 0 aromatic heterocycles. The third-order valence-electron chi connectivity index (χ3n) is 6.79. The molecular weight excluding hydrogens is 469 g/mol. The van der Waals surface area contributed by atoms with Crippen LogP contribution in [-0.2, 0) is 10.0 Å². The molecule has 1 aromatic carbocycles. The van der Waals surface area contributed by atoms with Crippen molar-refractivity contribution in [1.29, 1.82) is 0 Å². The second-order valence-electron chi connectivity index (χ2n) is 8.87.